The van der Waals surface area contributed by atoms with E-state index in [0.717, 1.165) is 45.9 Å². The summed E-state index contributed by atoms with van der Waals surface area (Å²) in [6.45, 7) is 2.99. The van der Waals surface area contributed by atoms with Crippen molar-refractivity contribution >= 4 is 26.7 Å². The molecule has 0 saturated carbocycles. The number of nitrogens with zero attached hydrogens (tertiary/aromatic N) is 4. The third-order valence-electron chi connectivity index (χ3n) is 4.58. The van der Waals surface area contributed by atoms with Crippen molar-refractivity contribution in [2.45, 2.75) is 31.8 Å². The number of nitrogens with one attached hydrogen (secondary N) is 2. The standard InChI is InChI=1S/C17H18N6S/c1-11(15-3-2-6-23(15)10-18)21-17-22-14-5-4-12(7-16(14)24-17)13-8-19-20-9-13/h4-5,7-9,11,15H,2-3,6H2,1H3,(H,19,20)(H,21,22). The number of aromatic nitrogens is 3. The molecule has 3 aromatic rings. The summed E-state index contributed by atoms with van der Waals surface area (Å²) in [6, 6.07) is 6.70. The fraction of sp³-hybridized carbons (Fsp3) is 0.353. The largest absolute Gasteiger partial charge is 0.357 e. The van der Waals surface area contributed by atoms with E-state index in [2.05, 4.69) is 45.7 Å². The Labute approximate surface area is 144 Å². The van der Waals surface area contributed by atoms with Crippen LogP contribution in [0.5, 0.6) is 0 Å². The SMILES string of the molecule is CC(Nc1nc2ccc(-c3cn[nH]c3)cc2s1)C1CCCN1C#N. The summed E-state index contributed by atoms with van der Waals surface area (Å²) >= 11 is 1.65. The summed E-state index contributed by atoms with van der Waals surface area (Å²) in [5.41, 5.74) is 3.19. The highest BCUT2D eigenvalue weighted by Crippen LogP contribution is 2.31. The molecule has 2 aromatic heterocycles. The Morgan fingerprint density at radius 3 is 3.17 bits per heavy atom. The first-order valence-corrected chi connectivity index (χ1v) is 8.89. The highest BCUT2D eigenvalue weighted by atomic mass is 32.1. The number of fused-ring (bicyclic) bond motifs is 1. The third-order valence-corrected chi connectivity index (χ3v) is 5.53. The van der Waals surface area contributed by atoms with E-state index < -0.39 is 0 Å². The van der Waals surface area contributed by atoms with E-state index in [-0.39, 0.29) is 12.1 Å². The van der Waals surface area contributed by atoms with Gasteiger partial charge in [-0.2, -0.15) is 10.4 Å². The zero-order valence-corrected chi connectivity index (χ0v) is 14.2. The van der Waals surface area contributed by atoms with Crippen LogP contribution in [0.2, 0.25) is 0 Å². The molecule has 7 heteroatoms. The topological polar surface area (TPSA) is 80.6 Å². The molecule has 0 spiro atoms. The number of hydrogen-bond donors (Lipinski definition) is 2. The predicted octanol–water partition coefficient (Wildman–Crippen LogP) is 3.43. The highest BCUT2D eigenvalue weighted by Gasteiger charge is 2.29. The van der Waals surface area contributed by atoms with E-state index in [1.807, 2.05) is 23.4 Å². The molecular formula is C17H18N6S. The molecule has 0 amide bonds. The second-order valence-electron chi connectivity index (χ2n) is 6.12. The summed E-state index contributed by atoms with van der Waals surface area (Å²) in [4.78, 5) is 6.56. The molecule has 122 valence electrons. The van der Waals surface area contributed by atoms with Crippen LogP contribution in [-0.2, 0) is 0 Å². The Balaban J connectivity index is 1.56. The molecule has 2 atom stereocenters. The van der Waals surface area contributed by atoms with Gasteiger partial charge >= 0.3 is 0 Å². The van der Waals surface area contributed by atoms with Gasteiger partial charge in [0, 0.05) is 24.3 Å². The van der Waals surface area contributed by atoms with Crippen molar-refractivity contribution in [1.29, 1.82) is 5.26 Å². The second kappa shape index (κ2) is 6.13. The molecule has 0 bridgehead atoms. The predicted molar refractivity (Wildman–Crippen MR) is 95.6 cm³/mol. The van der Waals surface area contributed by atoms with E-state index in [0.29, 0.717) is 0 Å². The van der Waals surface area contributed by atoms with Crippen molar-refractivity contribution in [2.75, 3.05) is 11.9 Å². The Morgan fingerprint density at radius 1 is 1.46 bits per heavy atom. The number of nitriles is 1. The highest BCUT2D eigenvalue weighted by molar-refractivity contribution is 7.22. The van der Waals surface area contributed by atoms with Crippen LogP contribution in [0.3, 0.4) is 0 Å². The molecule has 4 rings (SSSR count). The van der Waals surface area contributed by atoms with Crippen LogP contribution in [-0.4, -0.2) is 38.7 Å². The van der Waals surface area contributed by atoms with Gasteiger partial charge in [0.1, 0.15) is 0 Å². The Morgan fingerprint density at radius 2 is 2.38 bits per heavy atom. The lowest BCUT2D eigenvalue weighted by molar-refractivity contribution is 0.336. The maximum absolute atomic E-state index is 9.21. The molecule has 1 aromatic carbocycles. The quantitative estimate of drug-likeness (QED) is 0.712. The number of H-pyrrole nitrogens is 1. The average molecular weight is 338 g/mol. The van der Waals surface area contributed by atoms with Crippen molar-refractivity contribution in [1.82, 2.24) is 20.1 Å². The lowest BCUT2D eigenvalue weighted by atomic mass is 10.1. The van der Waals surface area contributed by atoms with Gasteiger partial charge in [-0.05, 0) is 37.5 Å². The van der Waals surface area contributed by atoms with Crippen LogP contribution >= 0.6 is 11.3 Å². The monoisotopic (exact) mass is 338 g/mol. The first-order chi connectivity index (χ1) is 11.7. The number of benzene rings is 1. The fourth-order valence-electron chi connectivity index (χ4n) is 3.30. The van der Waals surface area contributed by atoms with E-state index in [4.69, 9.17) is 0 Å². The fourth-order valence-corrected chi connectivity index (χ4v) is 4.30. The first-order valence-electron chi connectivity index (χ1n) is 8.07. The number of rotatable bonds is 4. The van der Waals surface area contributed by atoms with Crippen molar-refractivity contribution in [3.8, 4) is 17.3 Å². The summed E-state index contributed by atoms with van der Waals surface area (Å²) in [6.07, 6.45) is 8.14. The molecule has 1 saturated heterocycles. The van der Waals surface area contributed by atoms with Crippen LogP contribution in [0.4, 0.5) is 5.13 Å². The van der Waals surface area contributed by atoms with Crippen LogP contribution in [0.1, 0.15) is 19.8 Å². The molecule has 6 nitrogen and oxygen atoms in total. The van der Waals surface area contributed by atoms with Crippen LogP contribution in [0.15, 0.2) is 30.6 Å². The Kier molecular flexibility index (Phi) is 3.82. The Hall–Kier alpha value is -2.59. The second-order valence-corrected chi connectivity index (χ2v) is 7.16. The number of anilines is 1. The summed E-state index contributed by atoms with van der Waals surface area (Å²) < 4.78 is 1.15. The van der Waals surface area contributed by atoms with Crippen LogP contribution < -0.4 is 5.32 Å². The van der Waals surface area contributed by atoms with Gasteiger partial charge in [-0.3, -0.25) is 5.10 Å². The van der Waals surface area contributed by atoms with Crippen molar-refractivity contribution < 1.29 is 0 Å². The molecule has 2 N–H and O–H groups in total. The van der Waals surface area contributed by atoms with E-state index in [1.165, 1.54) is 0 Å². The summed E-state index contributed by atoms with van der Waals surface area (Å²) in [5, 5.41) is 20.5. The minimum atomic E-state index is 0.195. The van der Waals surface area contributed by atoms with Crippen molar-refractivity contribution in [2.24, 2.45) is 0 Å². The number of aromatic amines is 1. The van der Waals surface area contributed by atoms with Gasteiger partial charge in [0.15, 0.2) is 11.3 Å². The van der Waals surface area contributed by atoms with E-state index in [9.17, 15) is 5.26 Å². The molecule has 0 radical (unpaired) electrons. The zero-order chi connectivity index (χ0) is 16.5. The molecule has 1 fully saturated rings. The normalized spacial score (nSPS) is 18.7. The van der Waals surface area contributed by atoms with Gasteiger partial charge in [0.2, 0.25) is 0 Å². The number of hydrogen-bond acceptors (Lipinski definition) is 6. The molecule has 24 heavy (non-hydrogen) atoms. The number of likely N-dealkylation sites (tertiary alicyclic amines) is 1. The summed E-state index contributed by atoms with van der Waals surface area (Å²) in [7, 11) is 0. The lowest BCUT2D eigenvalue weighted by Crippen LogP contribution is -2.38. The molecule has 3 heterocycles. The summed E-state index contributed by atoms with van der Waals surface area (Å²) in [5.74, 6) is 0. The van der Waals surface area contributed by atoms with E-state index >= 15 is 0 Å². The van der Waals surface area contributed by atoms with Gasteiger partial charge in [0.25, 0.3) is 0 Å². The van der Waals surface area contributed by atoms with Crippen LogP contribution in [0, 0.1) is 11.5 Å². The minimum absolute atomic E-state index is 0.195. The molecule has 0 aliphatic carbocycles. The molecular weight excluding hydrogens is 320 g/mol. The van der Waals surface area contributed by atoms with E-state index in [1.54, 1.807) is 11.3 Å². The van der Waals surface area contributed by atoms with Gasteiger partial charge in [-0.25, -0.2) is 4.98 Å². The average Bonchev–Trinajstić information content (AvgIpc) is 3.32. The molecule has 1 aliphatic rings. The first kappa shape index (κ1) is 15.0. The number of thiazole rings is 1. The smallest absolute Gasteiger partial charge is 0.184 e. The van der Waals surface area contributed by atoms with Crippen molar-refractivity contribution in [3.63, 3.8) is 0 Å². The van der Waals surface area contributed by atoms with Crippen molar-refractivity contribution in [3.05, 3.63) is 30.6 Å². The van der Waals surface area contributed by atoms with Gasteiger partial charge in [0.05, 0.1) is 22.5 Å². The lowest BCUT2D eigenvalue weighted by Gasteiger charge is -2.25. The minimum Gasteiger partial charge on any atom is -0.357 e. The third kappa shape index (κ3) is 2.69. The van der Waals surface area contributed by atoms with Gasteiger partial charge in [-0.1, -0.05) is 17.4 Å². The Bertz CT molecular complexity index is 878. The van der Waals surface area contributed by atoms with Crippen LogP contribution in [0.25, 0.3) is 21.3 Å². The van der Waals surface area contributed by atoms with Gasteiger partial charge < -0.3 is 10.2 Å². The maximum Gasteiger partial charge on any atom is 0.184 e. The van der Waals surface area contributed by atoms with Gasteiger partial charge in [-0.15, -0.1) is 0 Å². The zero-order valence-electron chi connectivity index (χ0n) is 13.4. The maximum atomic E-state index is 9.21. The molecule has 2 unspecified atom stereocenters. The molecule has 1 aliphatic heterocycles.